The van der Waals surface area contributed by atoms with Gasteiger partial charge in [0.2, 0.25) is 0 Å². The van der Waals surface area contributed by atoms with Crippen molar-refractivity contribution in [1.82, 2.24) is 15.3 Å². The topological polar surface area (TPSA) is 87.9 Å². The lowest BCUT2D eigenvalue weighted by Gasteiger charge is -2.24. The molecular weight excluding hydrogens is 272 g/mol. The molecule has 7 nitrogen and oxygen atoms in total. The Hall–Kier alpha value is -2.28. The van der Waals surface area contributed by atoms with Gasteiger partial charge < -0.3 is 15.4 Å². The third kappa shape index (κ3) is 6.13. The highest BCUT2D eigenvalue weighted by Crippen LogP contribution is 2.10. The van der Waals surface area contributed by atoms with Crippen LogP contribution in [0.3, 0.4) is 0 Å². The van der Waals surface area contributed by atoms with Crippen molar-refractivity contribution in [1.29, 1.82) is 0 Å². The Balaban J connectivity index is 2.65. The van der Waals surface area contributed by atoms with Crippen LogP contribution in [0.15, 0.2) is 30.3 Å². The van der Waals surface area contributed by atoms with Crippen LogP contribution in [-0.2, 0) is 0 Å². The van der Waals surface area contributed by atoms with Crippen molar-refractivity contribution in [2.75, 3.05) is 27.2 Å². The molecule has 1 aromatic rings. The monoisotopic (exact) mass is 294 g/mol. The van der Waals surface area contributed by atoms with Crippen molar-refractivity contribution in [2.45, 2.75) is 12.8 Å². The normalized spacial score (nSPS) is 9.86. The highest BCUT2D eigenvalue weighted by molar-refractivity contribution is 5.78. The largest absolute Gasteiger partial charge is 0.434 e. The average Bonchev–Trinajstić information content (AvgIpc) is 2.47. The first-order chi connectivity index (χ1) is 10.0. The van der Waals surface area contributed by atoms with E-state index in [4.69, 9.17) is 10.5 Å². The summed E-state index contributed by atoms with van der Waals surface area (Å²) in [6, 6.07) is 8.30. The molecule has 0 unspecified atom stereocenters. The molecule has 0 aliphatic carbocycles. The van der Waals surface area contributed by atoms with Crippen molar-refractivity contribution >= 4 is 12.1 Å². The molecule has 0 aliphatic rings. The summed E-state index contributed by atoms with van der Waals surface area (Å²) >= 11 is 0. The first-order valence-corrected chi connectivity index (χ1v) is 6.77. The number of rotatable bonds is 5. The van der Waals surface area contributed by atoms with Crippen LogP contribution < -0.4 is 15.9 Å². The molecule has 0 saturated heterocycles. The zero-order chi connectivity index (χ0) is 15.7. The number of unbranched alkanes of at least 4 members (excludes halogenated alkanes) is 1. The number of amides is 3. The smallest absolute Gasteiger partial charge is 0.409 e. The van der Waals surface area contributed by atoms with Crippen LogP contribution in [-0.4, -0.2) is 49.2 Å². The number of para-hydroxylation sites is 1. The van der Waals surface area contributed by atoms with Gasteiger partial charge in [0.1, 0.15) is 5.75 Å². The molecule has 0 fully saturated rings. The lowest BCUT2D eigenvalue weighted by atomic mass is 10.3. The summed E-state index contributed by atoms with van der Waals surface area (Å²) in [5, 5.41) is 1.16. The van der Waals surface area contributed by atoms with Gasteiger partial charge in [-0.05, 0) is 31.5 Å². The second-order valence-corrected chi connectivity index (χ2v) is 4.64. The first-order valence-electron chi connectivity index (χ1n) is 6.77. The van der Waals surface area contributed by atoms with Crippen LogP contribution in [0.25, 0.3) is 0 Å². The van der Waals surface area contributed by atoms with Crippen molar-refractivity contribution in [3.63, 3.8) is 0 Å². The van der Waals surface area contributed by atoms with E-state index in [0.717, 1.165) is 11.4 Å². The number of carbonyl (C=O) groups excluding carboxylic acids is 2. The summed E-state index contributed by atoms with van der Waals surface area (Å²) in [4.78, 5) is 25.1. The van der Waals surface area contributed by atoms with Crippen LogP contribution in [0, 0.1) is 0 Å². The Morgan fingerprint density at radius 2 is 1.86 bits per heavy atom. The number of hydrogen-bond acceptors (Lipinski definition) is 4. The fraction of sp³-hybridized carbons (Fsp3) is 0.429. The number of carbonyl (C=O) groups is 2. The van der Waals surface area contributed by atoms with Gasteiger partial charge in [0.25, 0.3) is 0 Å². The SMILES string of the molecule is CN(C)C(=O)NN(CCCCN)C(=O)Oc1ccccc1. The Bertz CT molecular complexity index is 451. The molecule has 0 atom stereocenters. The molecule has 21 heavy (non-hydrogen) atoms. The van der Waals surface area contributed by atoms with Crippen molar-refractivity contribution in [2.24, 2.45) is 5.73 Å². The second kappa shape index (κ2) is 8.80. The van der Waals surface area contributed by atoms with E-state index in [-0.39, 0.29) is 0 Å². The van der Waals surface area contributed by atoms with Crippen molar-refractivity contribution in [3.8, 4) is 5.75 Å². The Morgan fingerprint density at radius 3 is 2.43 bits per heavy atom. The number of benzene rings is 1. The minimum Gasteiger partial charge on any atom is -0.409 e. The number of ether oxygens (including phenoxy) is 1. The average molecular weight is 294 g/mol. The summed E-state index contributed by atoms with van der Waals surface area (Å²) in [7, 11) is 3.19. The van der Waals surface area contributed by atoms with Gasteiger partial charge in [-0.3, -0.25) is 0 Å². The van der Waals surface area contributed by atoms with Gasteiger partial charge in [-0.2, -0.15) is 0 Å². The summed E-state index contributed by atoms with van der Waals surface area (Å²) in [5.41, 5.74) is 7.93. The van der Waals surface area contributed by atoms with Crippen molar-refractivity contribution < 1.29 is 14.3 Å². The van der Waals surface area contributed by atoms with E-state index in [9.17, 15) is 9.59 Å². The van der Waals surface area contributed by atoms with E-state index in [1.165, 1.54) is 4.90 Å². The van der Waals surface area contributed by atoms with Gasteiger partial charge in [-0.15, -0.1) is 0 Å². The van der Waals surface area contributed by atoms with E-state index in [2.05, 4.69) is 5.43 Å². The highest BCUT2D eigenvalue weighted by Gasteiger charge is 2.18. The first kappa shape index (κ1) is 16.8. The standard InChI is InChI=1S/C14H22N4O3/c1-17(2)13(19)16-18(11-7-6-10-15)14(20)21-12-8-4-3-5-9-12/h3-5,8-9H,6-7,10-11,15H2,1-2H3,(H,16,19). The van der Waals surface area contributed by atoms with E-state index in [0.29, 0.717) is 25.3 Å². The van der Waals surface area contributed by atoms with Gasteiger partial charge in [0, 0.05) is 20.6 Å². The van der Waals surface area contributed by atoms with E-state index >= 15 is 0 Å². The number of nitrogens with zero attached hydrogens (tertiary/aromatic N) is 2. The molecule has 0 saturated carbocycles. The summed E-state index contributed by atoms with van der Waals surface area (Å²) in [5.74, 6) is 0.422. The van der Waals surface area contributed by atoms with Gasteiger partial charge in [0.05, 0.1) is 0 Å². The number of nitrogens with one attached hydrogen (secondary N) is 1. The van der Waals surface area contributed by atoms with Crippen LogP contribution >= 0.6 is 0 Å². The summed E-state index contributed by atoms with van der Waals surface area (Å²) < 4.78 is 5.21. The van der Waals surface area contributed by atoms with Crippen LogP contribution in [0.2, 0.25) is 0 Å². The van der Waals surface area contributed by atoms with E-state index in [1.54, 1.807) is 38.4 Å². The number of nitrogens with two attached hydrogens (primary N) is 1. The maximum absolute atomic E-state index is 12.1. The molecule has 1 aromatic carbocycles. The lowest BCUT2D eigenvalue weighted by molar-refractivity contribution is 0.122. The zero-order valence-electron chi connectivity index (χ0n) is 12.4. The van der Waals surface area contributed by atoms with E-state index < -0.39 is 12.1 Å². The Kier molecular flexibility index (Phi) is 7.03. The Labute approximate surface area is 124 Å². The molecule has 0 aliphatic heterocycles. The third-order valence-corrected chi connectivity index (χ3v) is 2.64. The number of hydrogen-bond donors (Lipinski definition) is 2. The molecular formula is C14H22N4O3. The maximum Gasteiger partial charge on any atom is 0.434 e. The van der Waals surface area contributed by atoms with Gasteiger partial charge in [-0.1, -0.05) is 18.2 Å². The lowest BCUT2D eigenvalue weighted by Crippen LogP contribution is -2.51. The predicted molar refractivity (Wildman–Crippen MR) is 79.7 cm³/mol. The number of urea groups is 1. The van der Waals surface area contributed by atoms with Gasteiger partial charge in [-0.25, -0.2) is 20.0 Å². The minimum absolute atomic E-state index is 0.336. The third-order valence-electron chi connectivity index (χ3n) is 2.64. The molecule has 0 radical (unpaired) electrons. The molecule has 3 amide bonds. The molecule has 3 N–H and O–H groups in total. The number of hydrazine groups is 1. The van der Waals surface area contributed by atoms with Gasteiger partial charge in [0.15, 0.2) is 0 Å². The summed E-state index contributed by atoms with van der Waals surface area (Å²) in [6.45, 7) is 0.867. The highest BCUT2D eigenvalue weighted by atomic mass is 16.6. The molecule has 1 rings (SSSR count). The predicted octanol–water partition coefficient (Wildman–Crippen LogP) is 1.41. The zero-order valence-corrected chi connectivity index (χ0v) is 12.4. The molecule has 0 bridgehead atoms. The van der Waals surface area contributed by atoms with Crippen LogP contribution in [0.1, 0.15) is 12.8 Å². The second-order valence-electron chi connectivity index (χ2n) is 4.64. The fourth-order valence-corrected chi connectivity index (χ4v) is 1.47. The fourth-order valence-electron chi connectivity index (χ4n) is 1.47. The van der Waals surface area contributed by atoms with Crippen LogP contribution in [0.5, 0.6) is 5.75 Å². The van der Waals surface area contributed by atoms with Gasteiger partial charge >= 0.3 is 12.1 Å². The van der Waals surface area contributed by atoms with Crippen molar-refractivity contribution in [3.05, 3.63) is 30.3 Å². The maximum atomic E-state index is 12.1. The molecule has 7 heteroatoms. The quantitative estimate of drug-likeness (QED) is 0.635. The molecule has 0 aromatic heterocycles. The summed E-state index contributed by atoms with van der Waals surface area (Å²) in [6.07, 6.45) is 0.801. The molecule has 116 valence electrons. The minimum atomic E-state index is -0.631. The molecule has 0 heterocycles. The molecule has 0 spiro atoms. The van der Waals surface area contributed by atoms with Crippen LogP contribution in [0.4, 0.5) is 9.59 Å². The Morgan fingerprint density at radius 1 is 1.19 bits per heavy atom. The van der Waals surface area contributed by atoms with E-state index in [1.807, 2.05) is 6.07 Å².